The van der Waals surface area contributed by atoms with Crippen LogP contribution < -0.4 is 9.88 Å². The van der Waals surface area contributed by atoms with Crippen molar-refractivity contribution in [3.8, 4) is 0 Å². The van der Waals surface area contributed by atoms with Gasteiger partial charge in [-0.15, -0.1) is 0 Å². The zero-order valence-corrected chi connectivity index (χ0v) is 12.0. The maximum atomic E-state index is 11.7. The van der Waals surface area contributed by atoms with E-state index in [4.69, 9.17) is 0 Å². The average molecular weight is 269 g/mol. The number of hydrogen-bond donors (Lipinski definition) is 1. The summed E-state index contributed by atoms with van der Waals surface area (Å²) in [6.07, 6.45) is 4.83. The lowest BCUT2D eigenvalue weighted by molar-refractivity contribution is -0.684. The van der Waals surface area contributed by atoms with Crippen LogP contribution in [0.15, 0.2) is 54.9 Å². The molecular weight excluding hydrogens is 248 g/mol. The molecule has 0 radical (unpaired) electrons. The van der Waals surface area contributed by atoms with Crippen LogP contribution in [-0.2, 0) is 17.8 Å². The minimum Gasteiger partial charge on any atom is -0.348 e. The number of pyridine rings is 1. The van der Waals surface area contributed by atoms with E-state index in [1.807, 2.05) is 36.9 Å². The summed E-state index contributed by atoms with van der Waals surface area (Å²) < 4.78 is 1.90. The summed E-state index contributed by atoms with van der Waals surface area (Å²) >= 11 is 0. The van der Waals surface area contributed by atoms with Crippen LogP contribution in [0.2, 0.25) is 0 Å². The molecule has 1 aromatic heterocycles. The first-order valence-electron chi connectivity index (χ1n) is 6.95. The van der Waals surface area contributed by atoms with Crippen molar-refractivity contribution in [2.24, 2.45) is 0 Å². The first kappa shape index (κ1) is 14.3. The Kier molecular flexibility index (Phi) is 4.88. The Hall–Kier alpha value is -2.16. The van der Waals surface area contributed by atoms with E-state index in [0.29, 0.717) is 6.54 Å². The van der Waals surface area contributed by atoms with Crippen molar-refractivity contribution in [1.29, 1.82) is 0 Å². The molecule has 2 aromatic rings. The van der Waals surface area contributed by atoms with Crippen LogP contribution in [0, 0.1) is 0 Å². The summed E-state index contributed by atoms with van der Waals surface area (Å²) in [6, 6.07) is 14.7. The first-order chi connectivity index (χ1) is 9.63. The van der Waals surface area contributed by atoms with Crippen LogP contribution in [0.4, 0.5) is 0 Å². The lowest BCUT2D eigenvalue weighted by atomic mass is 10.1. The number of hydrogen-bond acceptors (Lipinski definition) is 1. The molecule has 0 bridgehead atoms. The van der Waals surface area contributed by atoms with Crippen LogP contribution in [0.1, 0.15) is 25.0 Å². The van der Waals surface area contributed by atoms with Gasteiger partial charge in [0.1, 0.15) is 0 Å². The number of carbonyl (C=O) groups excluding carboxylic acids is 1. The Morgan fingerprint density at radius 3 is 2.25 bits per heavy atom. The molecule has 0 saturated carbocycles. The molecule has 104 valence electrons. The van der Waals surface area contributed by atoms with Gasteiger partial charge in [0.05, 0.1) is 0 Å². The maximum Gasteiger partial charge on any atom is 0.286 e. The standard InChI is InChI=1S/C17H20N2O/c1-14(2)18-17(20)13-19-10-8-16(9-11-19)12-15-6-4-3-5-7-15/h3-11,14H,12-13H2,1-2H3/p+1. The topological polar surface area (TPSA) is 33.0 Å². The van der Waals surface area contributed by atoms with E-state index in [9.17, 15) is 4.79 Å². The molecule has 0 fully saturated rings. The third kappa shape index (κ3) is 4.50. The third-order valence-corrected chi connectivity index (χ3v) is 2.99. The normalized spacial score (nSPS) is 10.6. The van der Waals surface area contributed by atoms with Gasteiger partial charge < -0.3 is 5.32 Å². The van der Waals surface area contributed by atoms with Gasteiger partial charge in [-0.25, -0.2) is 0 Å². The van der Waals surface area contributed by atoms with E-state index in [1.165, 1.54) is 11.1 Å². The van der Waals surface area contributed by atoms with Gasteiger partial charge in [-0.05, 0) is 31.4 Å². The minimum atomic E-state index is 0.0424. The molecule has 0 saturated heterocycles. The monoisotopic (exact) mass is 269 g/mol. The molecular formula is C17H21N2O+. The van der Waals surface area contributed by atoms with Gasteiger partial charge in [0.15, 0.2) is 12.4 Å². The number of amides is 1. The highest BCUT2D eigenvalue weighted by atomic mass is 16.2. The minimum absolute atomic E-state index is 0.0424. The Morgan fingerprint density at radius 2 is 1.65 bits per heavy atom. The molecule has 0 aliphatic rings. The second kappa shape index (κ2) is 6.85. The fourth-order valence-electron chi connectivity index (χ4n) is 2.08. The largest absolute Gasteiger partial charge is 0.348 e. The molecule has 3 heteroatoms. The van der Waals surface area contributed by atoms with Gasteiger partial charge in [-0.3, -0.25) is 4.79 Å². The highest BCUT2D eigenvalue weighted by molar-refractivity contribution is 5.74. The van der Waals surface area contributed by atoms with Crippen LogP contribution in [0.3, 0.4) is 0 Å². The summed E-state index contributed by atoms with van der Waals surface area (Å²) in [4.78, 5) is 11.7. The lowest BCUT2D eigenvalue weighted by Gasteiger charge is -2.06. The number of rotatable bonds is 5. The van der Waals surface area contributed by atoms with Crippen LogP contribution in [-0.4, -0.2) is 11.9 Å². The Balaban J connectivity index is 1.94. The van der Waals surface area contributed by atoms with Gasteiger partial charge in [-0.2, -0.15) is 4.57 Å². The molecule has 1 heterocycles. The number of aromatic nitrogens is 1. The zero-order valence-electron chi connectivity index (χ0n) is 12.0. The van der Waals surface area contributed by atoms with Gasteiger partial charge >= 0.3 is 0 Å². The maximum absolute atomic E-state index is 11.7. The molecule has 1 aromatic carbocycles. The lowest BCUT2D eigenvalue weighted by Crippen LogP contribution is -2.44. The molecule has 0 unspecified atom stereocenters. The van der Waals surface area contributed by atoms with Crippen molar-refractivity contribution >= 4 is 5.91 Å². The number of nitrogens with one attached hydrogen (secondary N) is 1. The molecule has 3 nitrogen and oxygen atoms in total. The van der Waals surface area contributed by atoms with Crippen molar-refractivity contribution in [3.63, 3.8) is 0 Å². The number of nitrogens with zero attached hydrogens (tertiary/aromatic N) is 1. The quantitative estimate of drug-likeness (QED) is 0.828. The number of benzene rings is 1. The summed E-state index contributed by atoms with van der Waals surface area (Å²) in [5.74, 6) is 0.0424. The molecule has 0 spiro atoms. The molecule has 1 N–H and O–H groups in total. The van der Waals surface area contributed by atoms with Gasteiger partial charge in [0, 0.05) is 18.2 Å². The van der Waals surface area contributed by atoms with E-state index in [2.05, 4.69) is 41.7 Å². The Bertz CT molecular complexity index is 547. The van der Waals surface area contributed by atoms with Crippen molar-refractivity contribution in [3.05, 3.63) is 66.0 Å². The van der Waals surface area contributed by atoms with Crippen LogP contribution >= 0.6 is 0 Å². The average Bonchev–Trinajstić information content (AvgIpc) is 2.41. The zero-order chi connectivity index (χ0) is 14.4. The van der Waals surface area contributed by atoms with Gasteiger partial charge in [-0.1, -0.05) is 30.3 Å². The number of carbonyl (C=O) groups is 1. The summed E-state index contributed by atoms with van der Waals surface area (Å²) in [5, 5.41) is 2.89. The van der Waals surface area contributed by atoms with Crippen molar-refractivity contribution in [1.82, 2.24) is 5.32 Å². The van der Waals surface area contributed by atoms with E-state index in [-0.39, 0.29) is 11.9 Å². The van der Waals surface area contributed by atoms with Crippen molar-refractivity contribution < 1.29 is 9.36 Å². The second-order valence-corrected chi connectivity index (χ2v) is 5.26. The summed E-state index contributed by atoms with van der Waals surface area (Å²) in [5.41, 5.74) is 2.54. The molecule has 0 aliphatic heterocycles. The van der Waals surface area contributed by atoms with E-state index >= 15 is 0 Å². The molecule has 1 amide bonds. The highest BCUT2D eigenvalue weighted by Crippen LogP contribution is 2.07. The summed E-state index contributed by atoms with van der Waals surface area (Å²) in [6.45, 7) is 4.29. The van der Waals surface area contributed by atoms with Gasteiger partial charge in [0.25, 0.3) is 5.91 Å². The first-order valence-corrected chi connectivity index (χ1v) is 6.95. The van der Waals surface area contributed by atoms with Crippen LogP contribution in [0.5, 0.6) is 0 Å². The van der Waals surface area contributed by atoms with Crippen molar-refractivity contribution in [2.45, 2.75) is 32.9 Å². The predicted molar refractivity (Wildman–Crippen MR) is 79.2 cm³/mol. The molecule has 2 rings (SSSR count). The fourth-order valence-corrected chi connectivity index (χ4v) is 2.08. The van der Waals surface area contributed by atoms with Gasteiger partial charge in [0.2, 0.25) is 6.54 Å². The van der Waals surface area contributed by atoms with E-state index in [0.717, 1.165) is 6.42 Å². The van der Waals surface area contributed by atoms with E-state index < -0.39 is 0 Å². The third-order valence-electron chi connectivity index (χ3n) is 2.99. The van der Waals surface area contributed by atoms with E-state index in [1.54, 1.807) is 0 Å². The fraction of sp³-hybridized carbons (Fsp3) is 0.294. The highest BCUT2D eigenvalue weighted by Gasteiger charge is 2.09. The Labute approximate surface area is 120 Å². The van der Waals surface area contributed by atoms with Crippen molar-refractivity contribution in [2.75, 3.05) is 0 Å². The molecule has 0 atom stereocenters. The molecule has 0 aliphatic carbocycles. The predicted octanol–water partition coefficient (Wildman–Crippen LogP) is 2.09. The smallest absolute Gasteiger partial charge is 0.286 e. The molecule has 20 heavy (non-hydrogen) atoms. The van der Waals surface area contributed by atoms with Crippen LogP contribution in [0.25, 0.3) is 0 Å². The second-order valence-electron chi connectivity index (χ2n) is 5.26. The SMILES string of the molecule is CC(C)NC(=O)C[n+]1ccc(Cc2ccccc2)cc1. The Morgan fingerprint density at radius 1 is 1.05 bits per heavy atom. The summed E-state index contributed by atoms with van der Waals surface area (Å²) in [7, 11) is 0.